The van der Waals surface area contributed by atoms with E-state index < -0.39 is 22.0 Å². The molecular formula is C19H21ClN2O5S. The number of anilines is 2. The molecule has 0 saturated heterocycles. The number of sulfonamides is 1. The standard InChI is InChI=1S/C19H21ClN2O5S/c1-12-4-5-14(20)10-16(12)22(28(3,24)25)13(2)19(23)21-15-6-7-17-18(11-15)27-9-8-26-17/h4-7,10-11,13H,8-9H2,1-3H3,(H,21,23). The fraction of sp³-hybridized carbons (Fsp3) is 0.316. The van der Waals surface area contributed by atoms with Gasteiger partial charge in [0, 0.05) is 16.8 Å². The van der Waals surface area contributed by atoms with Gasteiger partial charge in [0.2, 0.25) is 15.9 Å². The molecule has 3 rings (SSSR count). The maximum Gasteiger partial charge on any atom is 0.247 e. The van der Waals surface area contributed by atoms with Gasteiger partial charge in [-0.1, -0.05) is 17.7 Å². The van der Waals surface area contributed by atoms with Crippen LogP contribution in [0.15, 0.2) is 36.4 Å². The maximum absolute atomic E-state index is 12.8. The van der Waals surface area contributed by atoms with E-state index in [-0.39, 0.29) is 0 Å². The number of carbonyl (C=O) groups excluding carboxylic acids is 1. The smallest absolute Gasteiger partial charge is 0.247 e. The number of benzene rings is 2. The molecule has 1 aliphatic rings. The SMILES string of the molecule is Cc1ccc(Cl)cc1N(C(C)C(=O)Nc1ccc2c(c1)OCCO2)S(C)(=O)=O. The van der Waals surface area contributed by atoms with Gasteiger partial charge in [0.05, 0.1) is 11.9 Å². The molecule has 28 heavy (non-hydrogen) atoms. The molecule has 0 spiro atoms. The first-order valence-electron chi connectivity index (χ1n) is 8.63. The Morgan fingerprint density at radius 3 is 2.50 bits per heavy atom. The van der Waals surface area contributed by atoms with Crippen molar-refractivity contribution in [2.24, 2.45) is 0 Å². The van der Waals surface area contributed by atoms with Gasteiger partial charge < -0.3 is 14.8 Å². The second kappa shape index (κ2) is 7.89. The average molecular weight is 425 g/mol. The van der Waals surface area contributed by atoms with Crippen LogP contribution < -0.4 is 19.1 Å². The molecule has 0 radical (unpaired) electrons. The van der Waals surface area contributed by atoms with Gasteiger partial charge in [-0.2, -0.15) is 0 Å². The zero-order valence-corrected chi connectivity index (χ0v) is 17.3. The minimum Gasteiger partial charge on any atom is -0.486 e. The van der Waals surface area contributed by atoms with Gasteiger partial charge in [-0.25, -0.2) is 8.42 Å². The van der Waals surface area contributed by atoms with Crippen molar-refractivity contribution < 1.29 is 22.7 Å². The van der Waals surface area contributed by atoms with Gasteiger partial charge in [0.1, 0.15) is 19.3 Å². The molecule has 2 aromatic rings. The van der Waals surface area contributed by atoms with E-state index in [2.05, 4.69) is 5.32 Å². The molecule has 1 heterocycles. The third kappa shape index (κ3) is 4.34. The Bertz CT molecular complexity index is 1010. The van der Waals surface area contributed by atoms with E-state index in [1.807, 2.05) is 0 Å². The minimum absolute atomic E-state index is 0.361. The van der Waals surface area contributed by atoms with Gasteiger partial charge in [-0.3, -0.25) is 9.10 Å². The van der Waals surface area contributed by atoms with Crippen LogP contribution in [-0.4, -0.2) is 39.8 Å². The van der Waals surface area contributed by atoms with Gasteiger partial charge in [0.15, 0.2) is 11.5 Å². The third-order valence-electron chi connectivity index (χ3n) is 4.31. The molecule has 0 bridgehead atoms. The van der Waals surface area contributed by atoms with Crippen LogP contribution in [0.1, 0.15) is 12.5 Å². The van der Waals surface area contributed by atoms with Crippen molar-refractivity contribution in [3.63, 3.8) is 0 Å². The highest BCUT2D eigenvalue weighted by Crippen LogP contribution is 2.33. The first-order valence-corrected chi connectivity index (χ1v) is 10.9. The summed E-state index contributed by atoms with van der Waals surface area (Å²) in [5, 5.41) is 3.12. The topological polar surface area (TPSA) is 84.9 Å². The Morgan fingerprint density at radius 1 is 1.14 bits per heavy atom. The van der Waals surface area contributed by atoms with Crippen molar-refractivity contribution in [2.45, 2.75) is 19.9 Å². The molecule has 1 atom stereocenters. The number of amides is 1. The van der Waals surface area contributed by atoms with Crippen molar-refractivity contribution in [2.75, 3.05) is 29.1 Å². The van der Waals surface area contributed by atoms with Gasteiger partial charge in [0.25, 0.3) is 0 Å². The van der Waals surface area contributed by atoms with Gasteiger partial charge in [-0.15, -0.1) is 0 Å². The number of hydrogen-bond acceptors (Lipinski definition) is 5. The molecule has 0 aromatic heterocycles. The Balaban J connectivity index is 1.88. The Morgan fingerprint density at radius 2 is 1.82 bits per heavy atom. The van der Waals surface area contributed by atoms with Crippen LogP contribution in [0.4, 0.5) is 11.4 Å². The molecule has 1 N–H and O–H groups in total. The lowest BCUT2D eigenvalue weighted by Gasteiger charge is -2.29. The predicted octanol–water partition coefficient (Wildman–Crippen LogP) is 3.21. The summed E-state index contributed by atoms with van der Waals surface area (Å²) in [5.41, 5.74) is 1.53. The highest BCUT2D eigenvalue weighted by Gasteiger charge is 2.30. The largest absolute Gasteiger partial charge is 0.486 e. The lowest BCUT2D eigenvalue weighted by atomic mass is 10.1. The Hall–Kier alpha value is -2.45. The summed E-state index contributed by atoms with van der Waals surface area (Å²) in [6.45, 7) is 4.18. The van der Waals surface area contributed by atoms with E-state index in [0.29, 0.717) is 46.7 Å². The second-order valence-corrected chi connectivity index (χ2v) is 8.81. The Labute approximate surface area is 169 Å². The van der Waals surface area contributed by atoms with Gasteiger partial charge in [-0.05, 0) is 43.7 Å². The lowest BCUT2D eigenvalue weighted by molar-refractivity contribution is -0.116. The number of halogens is 1. The zero-order valence-electron chi connectivity index (χ0n) is 15.7. The molecule has 1 aliphatic heterocycles. The minimum atomic E-state index is -3.74. The normalized spacial score (nSPS) is 14.3. The van der Waals surface area contributed by atoms with E-state index in [9.17, 15) is 13.2 Å². The van der Waals surface area contributed by atoms with Crippen LogP contribution in [-0.2, 0) is 14.8 Å². The van der Waals surface area contributed by atoms with Gasteiger partial charge >= 0.3 is 0 Å². The predicted molar refractivity (Wildman–Crippen MR) is 109 cm³/mol. The molecule has 1 amide bonds. The molecule has 0 aliphatic carbocycles. The van der Waals surface area contributed by atoms with Crippen molar-refractivity contribution in [1.82, 2.24) is 0 Å². The number of hydrogen-bond donors (Lipinski definition) is 1. The van der Waals surface area contributed by atoms with Crippen LogP contribution in [0.2, 0.25) is 5.02 Å². The molecule has 2 aromatic carbocycles. The number of carbonyl (C=O) groups is 1. The second-order valence-electron chi connectivity index (χ2n) is 6.51. The molecular weight excluding hydrogens is 404 g/mol. The van der Waals surface area contributed by atoms with Crippen molar-refractivity contribution in [1.29, 1.82) is 0 Å². The monoisotopic (exact) mass is 424 g/mol. The van der Waals surface area contributed by atoms with Crippen LogP contribution in [0.25, 0.3) is 0 Å². The fourth-order valence-corrected chi connectivity index (χ4v) is 4.36. The molecule has 0 saturated carbocycles. The van der Waals surface area contributed by atoms with Crippen molar-refractivity contribution in [3.05, 3.63) is 47.0 Å². The zero-order chi connectivity index (χ0) is 20.5. The third-order valence-corrected chi connectivity index (χ3v) is 5.77. The van der Waals surface area contributed by atoms with Crippen molar-refractivity contribution >= 4 is 38.9 Å². The van der Waals surface area contributed by atoms with E-state index in [1.54, 1.807) is 37.3 Å². The van der Waals surface area contributed by atoms with Crippen LogP contribution in [0, 0.1) is 6.92 Å². The van der Waals surface area contributed by atoms with E-state index in [4.69, 9.17) is 21.1 Å². The molecule has 7 nitrogen and oxygen atoms in total. The summed E-state index contributed by atoms with van der Waals surface area (Å²) in [5.74, 6) is 0.647. The van der Waals surface area contributed by atoms with Crippen LogP contribution in [0.3, 0.4) is 0 Å². The number of aryl methyl sites for hydroxylation is 1. The summed E-state index contributed by atoms with van der Waals surface area (Å²) < 4.78 is 36.9. The molecule has 9 heteroatoms. The summed E-state index contributed by atoms with van der Waals surface area (Å²) in [6, 6.07) is 8.93. The number of nitrogens with zero attached hydrogens (tertiary/aromatic N) is 1. The number of fused-ring (bicyclic) bond motifs is 1. The Kier molecular flexibility index (Phi) is 5.71. The molecule has 150 valence electrons. The average Bonchev–Trinajstić information content (AvgIpc) is 2.63. The first-order chi connectivity index (χ1) is 13.2. The van der Waals surface area contributed by atoms with Crippen LogP contribution in [0.5, 0.6) is 11.5 Å². The molecule has 0 fully saturated rings. The number of rotatable bonds is 5. The fourth-order valence-electron chi connectivity index (χ4n) is 2.97. The molecule has 1 unspecified atom stereocenters. The van der Waals surface area contributed by atoms with E-state index in [1.165, 1.54) is 13.0 Å². The summed E-state index contributed by atoms with van der Waals surface area (Å²) in [6.07, 6.45) is 1.06. The number of ether oxygens (including phenoxy) is 2. The van der Waals surface area contributed by atoms with Crippen LogP contribution >= 0.6 is 11.6 Å². The number of nitrogens with one attached hydrogen (secondary N) is 1. The van der Waals surface area contributed by atoms with E-state index in [0.717, 1.165) is 10.6 Å². The maximum atomic E-state index is 12.8. The first kappa shape index (κ1) is 20.3. The summed E-state index contributed by atoms with van der Waals surface area (Å²) in [4.78, 5) is 12.8. The van der Waals surface area contributed by atoms with Crippen molar-refractivity contribution in [3.8, 4) is 11.5 Å². The highest BCUT2D eigenvalue weighted by molar-refractivity contribution is 7.92. The van der Waals surface area contributed by atoms with E-state index >= 15 is 0 Å². The lowest BCUT2D eigenvalue weighted by Crippen LogP contribution is -2.45. The highest BCUT2D eigenvalue weighted by atomic mass is 35.5. The quantitative estimate of drug-likeness (QED) is 0.796. The summed E-state index contributed by atoms with van der Waals surface area (Å²) >= 11 is 6.04. The summed E-state index contributed by atoms with van der Waals surface area (Å²) in [7, 11) is -3.74.